The number of carbonyl (C=O) groups excluding carboxylic acids is 1. The highest BCUT2D eigenvalue weighted by Gasteiger charge is 2.38. The van der Waals surface area contributed by atoms with Gasteiger partial charge in [0, 0.05) is 19.6 Å². The van der Waals surface area contributed by atoms with Crippen LogP contribution in [0.3, 0.4) is 0 Å². The summed E-state index contributed by atoms with van der Waals surface area (Å²) in [5.41, 5.74) is 6.89. The lowest BCUT2D eigenvalue weighted by Gasteiger charge is -2.40. The Morgan fingerprint density at radius 3 is 2.57 bits per heavy atom. The van der Waals surface area contributed by atoms with Gasteiger partial charge < -0.3 is 4.74 Å². The van der Waals surface area contributed by atoms with Gasteiger partial charge in [-0.25, -0.2) is 0 Å². The molecule has 3 nitrogen and oxygen atoms in total. The molecule has 0 radical (unpaired) electrons. The number of hydrogen-bond donors (Lipinski definition) is 0. The molecular weight excluding hydrogens is 346 g/mol. The average molecular weight is 380 g/mol. The molecular formula is C25H33NO2. The molecule has 4 rings (SSSR count). The molecule has 0 saturated carbocycles. The molecule has 1 aromatic rings. The van der Waals surface area contributed by atoms with Crippen molar-refractivity contribution in [1.29, 1.82) is 0 Å². The van der Waals surface area contributed by atoms with Crippen molar-refractivity contribution in [3.8, 4) is 0 Å². The standard InChI is InChI=1S/C25H33NO2/c1-25(2,3)28-24(27)22-15-19-11-7-8-12-20(19)21-13-14-26(17-23(21)22)16-18-9-5-4-6-10-18/h4-6,9-10,22H,7-8,11-17H2,1-3H3. The SMILES string of the molecule is CC(C)(C)OC(=O)C1CC2=C(CCCC2)C2=C1CN(Cc1ccccc1)CC2. The van der Waals surface area contributed by atoms with E-state index in [4.69, 9.17) is 4.74 Å². The van der Waals surface area contributed by atoms with Crippen molar-refractivity contribution in [1.82, 2.24) is 4.90 Å². The molecule has 1 unspecified atom stereocenters. The third-order valence-electron chi connectivity index (χ3n) is 6.22. The zero-order chi connectivity index (χ0) is 19.7. The Kier molecular flexibility index (Phi) is 5.46. The van der Waals surface area contributed by atoms with Crippen LogP contribution in [0, 0.1) is 5.92 Å². The van der Waals surface area contributed by atoms with Crippen LogP contribution < -0.4 is 0 Å². The van der Waals surface area contributed by atoms with Gasteiger partial charge in [-0.15, -0.1) is 0 Å². The Bertz CT molecular complexity index is 798. The van der Waals surface area contributed by atoms with Crippen molar-refractivity contribution in [2.45, 2.75) is 71.4 Å². The minimum atomic E-state index is -0.433. The van der Waals surface area contributed by atoms with Gasteiger partial charge in [-0.05, 0) is 81.6 Å². The first kappa shape index (κ1) is 19.4. The highest BCUT2D eigenvalue weighted by Crippen LogP contribution is 2.45. The first-order chi connectivity index (χ1) is 13.4. The molecule has 0 N–H and O–H groups in total. The molecule has 28 heavy (non-hydrogen) atoms. The fraction of sp³-hybridized carbons (Fsp3) is 0.560. The van der Waals surface area contributed by atoms with Crippen LogP contribution in [0.15, 0.2) is 52.6 Å². The van der Waals surface area contributed by atoms with Crippen molar-refractivity contribution in [2.75, 3.05) is 13.1 Å². The number of carbonyl (C=O) groups is 1. The molecule has 1 aromatic carbocycles. The topological polar surface area (TPSA) is 29.5 Å². The van der Waals surface area contributed by atoms with Crippen LogP contribution in [-0.2, 0) is 16.1 Å². The zero-order valence-corrected chi connectivity index (χ0v) is 17.6. The number of nitrogens with zero attached hydrogens (tertiary/aromatic N) is 1. The monoisotopic (exact) mass is 379 g/mol. The van der Waals surface area contributed by atoms with Crippen LogP contribution in [0.2, 0.25) is 0 Å². The van der Waals surface area contributed by atoms with E-state index in [0.717, 1.165) is 32.5 Å². The zero-order valence-electron chi connectivity index (χ0n) is 17.6. The van der Waals surface area contributed by atoms with Gasteiger partial charge in [0.15, 0.2) is 0 Å². The fourth-order valence-electron chi connectivity index (χ4n) is 5.01. The smallest absolute Gasteiger partial charge is 0.313 e. The van der Waals surface area contributed by atoms with Gasteiger partial charge in [-0.3, -0.25) is 9.69 Å². The van der Waals surface area contributed by atoms with Gasteiger partial charge >= 0.3 is 5.97 Å². The third kappa shape index (κ3) is 4.25. The first-order valence-corrected chi connectivity index (χ1v) is 10.8. The van der Waals surface area contributed by atoms with Crippen molar-refractivity contribution >= 4 is 5.97 Å². The Morgan fingerprint density at radius 1 is 1.07 bits per heavy atom. The molecule has 1 aliphatic heterocycles. The van der Waals surface area contributed by atoms with E-state index in [1.54, 1.807) is 5.57 Å². The van der Waals surface area contributed by atoms with Crippen molar-refractivity contribution < 1.29 is 9.53 Å². The van der Waals surface area contributed by atoms with Crippen molar-refractivity contribution in [3.05, 3.63) is 58.2 Å². The number of ether oxygens (including phenoxy) is 1. The van der Waals surface area contributed by atoms with E-state index in [-0.39, 0.29) is 11.9 Å². The van der Waals surface area contributed by atoms with Gasteiger partial charge in [0.2, 0.25) is 0 Å². The summed E-state index contributed by atoms with van der Waals surface area (Å²) < 4.78 is 5.85. The quantitative estimate of drug-likeness (QED) is 0.657. The van der Waals surface area contributed by atoms with Crippen molar-refractivity contribution in [2.24, 2.45) is 5.92 Å². The molecule has 0 aromatic heterocycles. The van der Waals surface area contributed by atoms with Gasteiger partial charge in [-0.1, -0.05) is 35.9 Å². The van der Waals surface area contributed by atoms with Gasteiger partial charge in [0.05, 0.1) is 5.92 Å². The van der Waals surface area contributed by atoms with Crippen LogP contribution in [-0.4, -0.2) is 29.6 Å². The molecule has 0 saturated heterocycles. The Labute approximate surface area is 169 Å². The lowest BCUT2D eigenvalue weighted by Crippen LogP contribution is -2.40. The second-order valence-electron chi connectivity index (χ2n) is 9.53. The lowest BCUT2D eigenvalue weighted by atomic mass is 9.71. The average Bonchev–Trinajstić information content (AvgIpc) is 2.66. The predicted octanol–water partition coefficient (Wildman–Crippen LogP) is 5.42. The van der Waals surface area contributed by atoms with E-state index < -0.39 is 5.60 Å². The van der Waals surface area contributed by atoms with Crippen LogP contribution in [0.4, 0.5) is 0 Å². The van der Waals surface area contributed by atoms with E-state index >= 15 is 0 Å². The normalized spacial score (nSPS) is 23.3. The van der Waals surface area contributed by atoms with Crippen LogP contribution in [0.1, 0.15) is 64.9 Å². The number of esters is 1. The summed E-state index contributed by atoms with van der Waals surface area (Å²) in [6.07, 6.45) is 6.87. The maximum Gasteiger partial charge on any atom is 0.313 e. The second-order valence-corrected chi connectivity index (χ2v) is 9.53. The van der Waals surface area contributed by atoms with E-state index in [1.165, 1.54) is 48.0 Å². The first-order valence-electron chi connectivity index (χ1n) is 10.8. The molecule has 3 aliphatic rings. The molecule has 0 bridgehead atoms. The Morgan fingerprint density at radius 2 is 1.82 bits per heavy atom. The van der Waals surface area contributed by atoms with Crippen molar-refractivity contribution in [3.63, 3.8) is 0 Å². The number of hydrogen-bond acceptors (Lipinski definition) is 3. The number of benzene rings is 1. The van der Waals surface area contributed by atoms with E-state index in [1.807, 2.05) is 20.8 Å². The number of allylic oxidation sites excluding steroid dienone is 2. The highest BCUT2D eigenvalue weighted by atomic mass is 16.6. The molecule has 2 aliphatic carbocycles. The van der Waals surface area contributed by atoms with Gasteiger partial charge in [0.1, 0.15) is 5.60 Å². The molecule has 1 atom stereocenters. The number of fused-ring (bicyclic) bond motifs is 1. The summed E-state index contributed by atoms with van der Waals surface area (Å²) in [6.45, 7) is 8.83. The largest absolute Gasteiger partial charge is 0.459 e. The fourth-order valence-corrected chi connectivity index (χ4v) is 5.01. The highest BCUT2D eigenvalue weighted by molar-refractivity contribution is 5.78. The van der Waals surface area contributed by atoms with Gasteiger partial charge in [0.25, 0.3) is 0 Å². The lowest BCUT2D eigenvalue weighted by molar-refractivity contribution is -0.158. The molecule has 0 spiro atoms. The maximum atomic E-state index is 13.1. The van der Waals surface area contributed by atoms with Crippen LogP contribution in [0.25, 0.3) is 0 Å². The second kappa shape index (κ2) is 7.87. The summed E-state index contributed by atoms with van der Waals surface area (Å²) >= 11 is 0. The molecule has 0 amide bonds. The Balaban J connectivity index is 1.60. The Hall–Kier alpha value is -1.87. The minimum absolute atomic E-state index is 0.0290. The van der Waals surface area contributed by atoms with Crippen LogP contribution in [0.5, 0.6) is 0 Å². The minimum Gasteiger partial charge on any atom is -0.459 e. The van der Waals surface area contributed by atoms with E-state index in [2.05, 4.69) is 35.2 Å². The van der Waals surface area contributed by atoms with Crippen LogP contribution >= 0.6 is 0 Å². The number of rotatable bonds is 3. The van der Waals surface area contributed by atoms with E-state index in [9.17, 15) is 4.79 Å². The third-order valence-corrected chi connectivity index (χ3v) is 6.22. The molecule has 3 heteroatoms. The summed E-state index contributed by atoms with van der Waals surface area (Å²) in [7, 11) is 0. The summed E-state index contributed by atoms with van der Waals surface area (Å²) in [5, 5.41) is 0. The molecule has 1 heterocycles. The maximum absolute atomic E-state index is 13.1. The predicted molar refractivity (Wildman–Crippen MR) is 113 cm³/mol. The van der Waals surface area contributed by atoms with E-state index in [0.29, 0.717) is 0 Å². The molecule has 150 valence electrons. The summed E-state index contributed by atoms with van der Waals surface area (Å²) in [4.78, 5) is 15.6. The molecule has 0 fully saturated rings. The summed E-state index contributed by atoms with van der Waals surface area (Å²) in [5.74, 6) is -0.122. The summed E-state index contributed by atoms with van der Waals surface area (Å²) in [6, 6.07) is 10.7. The van der Waals surface area contributed by atoms with Gasteiger partial charge in [-0.2, -0.15) is 0 Å².